The van der Waals surface area contributed by atoms with Crippen LogP contribution in [-0.2, 0) is 0 Å². The molecule has 1 aliphatic heterocycles. The van der Waals surface area contributed by atoms with Gasteiger partial charge in [-0.2, -0.15) is 0 Å². The largest absolute Gasteiger partial charge is 0.508 e. The van der Waals surface area contributed by atoms with Crippen molar-refractivity contribution in [3.8, 4) is 5.75 Å². The van der Waals surface area contributed by atoms with Crippen molar-refractivity contribution in [1.82, 2.24) is 0 Å². The highest BCUT2D eigenvalue weighted by atomic mass is 32.2. The van der Waals surface area contributed by atoms with E-state index in [2.05, 4.69) is 6.07 Å². The summed E-state index contributed by atoms with van der Waals surface area (Å²) in [5.41, 5.74) is 2.42. The van der Waals surface area contributed by atoms with E-state index < -0.39 is 0 Å². The molecule has 2 aromatic rings. The molecule has 0 saturated carbocycles. The van der Waals surface area contributed by atoms with Gasteiger partial charge in [-0.05, 0) is 24.3 Å². The van der Waals surface area contributed by atoms with Crippen LogP contribution < -0.4 is 4.90 Å². The molecule has 0 fully saturated rings. The monoisotopic (exact) mass is 257 g/mol. The minimum atomic E-state index is 0.171. The van der Waals surface area contributed by atoms with Gasteiger partial charge in [0.2, 0.25) is 0 Å². The lowest BCUT2D eigenvalue weighted by atomic mass is 10.1. The lowest BCUT2D eigenvalue weighted by Gasteiger charge is -2.20. The van der Waals surface area contributed by atoms with Gasteiger partial charge in [0, 0.05) is 16.5 Å². The average molecular weight is 257 g/mol. The normalized spacial score (nSPS) is 13.4. The van der Waals surface area contributed by atoms with E-state index >= 15 is 0 Å². The molecule has 1 N–H and O–H groups in total. The maximum atomic E-state index is 11.1. The summed E-state index contributed by atoms with van der Waals surface area (Å²) in [4.78, 5) is 14.3. The molecule has 2 aromatic carbocycles. The third kappa shape index (κ3) is 1.75. The van der Waals surface area contributed by atoms with Crippen molar-refractivity contribution in [1.29, 1.82) is 0 Å². The van der Waals surface area contributed by atoms with E-state index in [1.807, 2.05) is 23.1 Å². The zero-order valence-electron chi connectivity index (χ0n) is 9.54. The number of phenols is 1. The zero-order valence-corrected chi connectivity index (χ0v) is 10.4. The molecule has 0 atom stereocenters. The van der Waals surface area contributed by atoms with Crippen LogP contribution in [0.2, 0.25) is 0 Å². The Labute approximate surface area is 109 Å². The molecule has 3 rings (SSSR count). The molecule has 0 bridgehead atoms. The van der Waals surface area contributed by atoms with Crippen molar-refractivity contribution in [3.63, 3.8) is 0 Å². The van der Waals surface area contributed by atoms with Crippen LogP contribution in [0.4, 0.5) is 11.4 Å². The van der Waals surface area contributed by atoms with Gasteiger partial charge >= 0.3 is 0 Å². The second kappa shape index (κ2) is 4.38. The molecule has 0 radical (unpaired) electrons. The molecule has 1 aliphatic rings. The minimum Gasteiger partial charge on any atom is -0.508 e. The van der Waals surface area contributed by atoms with Crippen molar-refractivity contribution < 1.29 is 9.90 Å². The molecule has 0 aliphatic carbocycles. The molecule has 1 heterocycles. The minimum absolute atomic E-state index is 0.171. The molecule has 0 amide bonds. The summed E-state index contributed by atoms with van der Waals surface area (Å²) in [6.07, 6.45) is 0.820. The summed E-state index contributed by atoms with van der Waals surface area (Å²) in [5.74, 6) is 0.925. The van der Waals surface area contributed by atoms with Gasteiger partial charge in [0.1, 0.15) is 5.75 Å². The number of carbonyl (C=O) groups is 1. The Hall–Kier alpha value is -1.94. The molecule has 3 nitrogen and oxygen atoms in total. The number of fused-ring (bicyclic) bond motifs is 1. The van der Waals surface area contributed by atoms with Crippen LogP contribution in [0.1, 0.15) is 10.4 Å². The second-order valence-corrected chi connectivity index (χ2v) is 5.02. The average Bonchev–Trinajstić information content (AvgIpc) is 2.82. The number of phenolic OH excluding ortho intramolecular Hbond substituents is 1. The fraction of sp³-hybridized carbons (Fsp3) is 0.0714. The summed E-state index contributed by atoms with van der Waals surface area (Å²) in [6, 6.07) is 12.9. The standard InChI is InChI=1S/C14H11NO2S/c16-8-10-5-6-11(17)7-13(10)15-9-18-14-4-2-1-3-12(14)15/h1-8,17H,9H2. The van der Waals surface area contributed by atoms with E-state index in [1.165, 1.54) is 11.0 Å². The maximum Gasteiger partial charge on any atom is 0.152 e. The topological polar surface area (TPSA) is 40.5 Å². The molecular weight excluding hydrogens is 246 g/mol. The fourth-order valence-electron chi connectivity index (χ4n) is 2.07. The van der Waals surface area contributed by atoms with E-state index in [-0.39, 0.29) is 5.75 Å². The third-order valence-corrected chi connectivity index (χ3v) is 3.98. The van der Waals surface area contributed by atoms with Gasteiger partial charge in [0.05, 0.1) is 17.3 Å². The first-order valence-electron chi connectivity index (χ1n) is 5.57. The Balaban J connectivity index is 2.12. The van der Waals surface area contributed by atoms with Gasteiger partial charge in [0.15, 0.2) is 6.29 Å². The Morgan fingerprint density at radius 2 is 2.00 bits per heavy atom. The predicted molar refractivity (Wildman–Crippen MR) is 72.8 cm³/mol. The molecule has 0 spiro atoms. The number of benzene rings is 2. The number of aldehydes is 1. The number of aromatic hydroxyl groups is 1. The summed E-state index contributed by atoms with van der Waals surface area (Å²) >= 11 is 1.72. The summed E-state index contributed by atoms with van der Waals surface area (Å²) in [7, 11) is 0. The first kappa shape index (κ1) is 11.2. The number of rotatable bonds is 2. The van der Waals surface area contributed by atoms with E-state index in [4.69, 9.17) is 0 Å². The Kier molecular flexibility index (Phi) is 2.72. The quantitative estimate of drug-likeness (QED) is 0.837. The van der Waals surface area contributed by atoms with Crippen molar-refractivity contribution in [2.45, 2.75) is 4.90 Å². The Morgan fingerprint density at radius 1 is 1.17 bits per heavy atom. The van der Waals surface area contributed by atoms with E-state index in [1.54, 1.807) is 23.9 Å². The van der Waals surface area contributed by atoms with Crippen LogP contribution in [0.5, 0.6) is 5.75 Å². The Morgan fingerprint density at radius 3 is 2.83 bits per heavy atom. The number of thioether (sulfide) groups is 1. The van der Waals surface area contributed by atoms with Gasteiger partial charge in [-0.3, -0.25) is 4.79 Å². The number of hydrogen-bond donors (Lipinski definition) is 1. The summed E-state index contributed by atoms with van der Waals surface area (Å²) in [6.45, 7) is 0. The SMILES string of the molecule is O=Cc1ccc(O)cc1N1CSc2ccccc21. The van der Waals surface area contributed by atoms with Gasteiger partial charge in [-0.15, -0.1) is 11.8 Å². The van der Waals surface area contributed by atoms with Crippen LogP contribution in [0.25, 0.3) is 0 Å². The number of nitrogens with zero attached hydrogens (tertiary/aromatic N) is 1. The van der Waals surface area contributed by atoms with Crippen LogP contribution in [0.15, 0.2) is 47.4 Å². The number of hydrogen-bond acceptors (Lipinski definition) is 4. The lowest BCUT2D eigenvalue weighted by molar-refractivity contribution is 0.112. The molecule has 0 unspecified atom stereocenters. The molecule has 0 saturated heterocycles. The molecule has 4 heteroatoms. The predicted octanol–water partition coefficient (Wildman–Crippen LogP) is 3.41. The van der Waals surface area contributed by atoms with E-state index in [0.29, 0.717) is 5.56 Å². The van der Waals surface area contributed by atoms with Gasteiger partial charge in [-0.25, -0.2) is 0 Å². The van der Waals surface area contributed by atoms with Crippen molar-refractivity contribution in [2.75, 3.05) is 10.8 Å². The first-order valence-corrected chi connectivity index (χ1v) is 6.56. The smallest absolute Gasteiger partial charge is 0.152 e. The van der Waals surface area contributed by atoms with Gasteiger partial charge in [0.25, 0.3) is 0 Å². The third-order valence-electron chi connectivity index (χ3n) is 2.94. The van der Waals surface area contributed by atoms with Crippen LogP contribution >= 0.6 is 11.8 Å². The van der Waals surface area contributed by atoms with Gasteiger partial charge < -0.3 is 10.0 Å². The molecule has 18 heavy (non-hydrogen) atoms. The first-order chi connectivity index (χ1) is 8.79. The second-order valence-electron chi connectivity index (χ2n) is 4.03. The van der Waals surface area contributed by atoms with Crippen molar-refractivity contribution in [3.05, 3.63) is 48.0 Å². The summed E-state index contributed by atoms with van der Waals surface area (Å²) < 4.78 is 0. The van der Waals surface area contributed by atoms with E-state index in [0.717, 1.165) is 23.5 Å². The molecular formula is C14H11NO2S. The molecule has 0 aromatic heterocycles. The zero-order chi connectivity index (χ0) is 12.5. The lowest BCUT2D eigenvalue weighted by Crippen LogP contribution is -2.13. The number of para-hydroxylation sites is 1. The fourth-order valence-corrected chi connectivity index (χ4v) is 3.12. The highest BCUT2D eigenvalue weighted by Gasteiger charge is 2.22. The molecule has 90 valence electrons. The van der Waals surface area contributed by atoms with Crippen molar-refractivity contribution in [2.24, 2.45) is 0 Å². The van der Waals surface area contributed by atoms with E-state index in [9.17, 15) is 9.90 Å². The van der Waals surface area contributed by atoms with Crippen LogP contribution in [-0.4, -0.2) is 17.3 Å². The number of anilines is 2. The summed E-state index contributed by atoms with van der Waals surface area (Å²) in [5, 5.41) is 9.59. The maximum absolute atomic E-state index is 11.1. The highest BCUT2D eigenvalue weighted by molar-refractivity contribution is 7.99. The Bertz CT molecular complexity index is 612. The van der Waals surface area contributed by atoms with Crippen LogP contribution in [0.3, 0.4) is 0 Å². The van der Waals surface area contributed by atoms with Crippen molar-refractivity contribution >= 4 is 29.4 Å². The van der Waals surface area contributed by atoms with Gasteiger partial charge in [-0.1, -0.05) is 12.1 Å². The number of carbonyl (C=O) groups excluding carboxylic acids is 1. The van der Waals surface area contributed by atoms with Crippen LogP contribution in [0, 0.1) is 0 Å². The highest BCUT2D eigenvalue weighted by Crippen LogP contribution is 2.43.